The van der Waals surface area contributed by atoms with Gasteiger partial charge in [-0.15, -0.1) is 0 Å². The first kappa shape index (κ1) is 12.3. The summed E-state index contributed by atoms with van der Waals surface area (Å²) in [6, 6.07) is 10.7. The SMILES string of the molecule is CC.CC1CCN(Cc2ccccc2)C1. The molecule has 1 aliphatic heterocycles. The van der Waals surface area contributed by atoms with Gasteiger partial charge in [-0.05, 0) is 24.4 Å². The lowest BCUT2D eigenvalue weighted by Crippen LogP contribution is -2.19. The molecule has 1 nitrogen and oxygen atoms in total. The van der Waals surface area contributed by atoms with E-state index in [0.717, 1.165) is 12.5 Å². The fraction of sp³-hybridized carbons (Fsp3) is 0.571. The third-order valence-electron chi connectivity index (χ3n) is 2.76. The molecule has 1 aromatic carbocycles. The number of rotatable bonds is 2. The maximum absolute atomic E-state index is 2.54. The molecule has 2 rings (SSSR count). The molecule has 0 aliphatic carbocycles. The normalized spacial score (nSPS) is 20.9. The van der Waals surface area contributed by atoms with Gasteiger partial charge in [0.1, 0.15) is 0 Å². The van der Waals surface area contributed by atoms with E-state index in [1.54, 1.807) is 0 Å². The van der Waals surface area contributed by atoms with Crippen LogP contribution < -0.4 is 0 Å². The highest BCUT2D eigenvalue weighted by molar-refractivity contribution is 5.14. The van der Waals surface area contributed by atoms with Crippen molar-refractivity contribution in [3.63, 3.8) is 0 Å². The quantitative estimate of drug-likeness (QED) is 0.713. The summed E-state index contributed by atoms with van der Waals surface area (Å²) >= 11 is 0. The highest BCUT2D eigenvalue weighted by Gasteiger charge is 2.17. The molecular formula is C14H23N. The number of hydrogen-bond acceptors (Lipinski definition) is 1. The molecule has 0 saturated carbocycles. The molecule has 1 heterocycles. The molecule has 1 aliphatic rings. The molecule has 0 bridgehead atoms. The Labute approximate surface area is 94.1 Å². The number of benzene rings is 1. The van der Waals surface area contributed by atoms with Crippen LogP contribution in [0.3, 0.4) is 0 Å². The van der Waals surface area contributed by atoms with Crippen molar-refractivity contribution in [2.45, 2.75) is 33.7 Å². The summed E-state index contributed by atoms with van der Waals surface area (Å²) in [5, 5.41) is 0. The first-order valence-electron chi connectivity index (χ1n) is 6.11. The van der Waals surface area contributed by atoms with E-state index >= 15 is 0 Å². The topological polar surface area (TPSA) is 3.24 Å². The predicted octanol–water partition coefficient (Wildman–Crippen LogP) is 3.55. The van der Waals surface area contributed by atoms with E-state index < -0.39 is 0 Å². The maximum Gasteiger partial charge on any atom is 0.0233 e. The zero-order valence-electron chi connectivity index (χ0n) is 10.2. The Morgan fingerprint density at radius 3 is 2.40 bits per heavy atom. The summed E-state index contributed by atoms with van der Waals surface area (Å²) in [7, 11) is 0. The van der Waals surface area contributed by atoms with E-state index in [2.05, 4.69) is 42.2 Å². The Morgan fingerprint density at radius 2 is 1.87 bits per heavy atom. The Kier molecular flexibility index (Phi) is 5.41. The second-order valence-corrected chi connectivity index (χ2v) is 4.11. The lowest BCUT2D eigenvalue weighted by atomic mass is 10.2. The van der Waals surface area contributed by atoms with Crippen LogP contribution in [0.5, 0.6) is 0 Å². The van der Waals surface area contributed by atoms with E-state index in [1.807, 2.05) is 13.8 Å². The molecule has 0 amide bonds. The molecule has 1 fully saturated rings. The van der Waals surface area contributed by atoms with Crippen LogP contribution in [0, 0.1) is 5.92 Å². The minimum atomic E-state index is 0.892. The van der Waals surface area contributed by atoms with Crippen LogP contribution in [0.15, 0.2) is 30.3 Å². The molecule has 1 heteroatoms. The highest BCUT2D eigenvalue weighted by Crippen LogP contribution is 2.17. The highest BCUT2D eigenvalue weighted by atomic mass is 15.1. The third-order valence-corrected chi connectivity index (χ3v) is 2.76. The molecule has 0 N–H and O–H groups in total. The molecule has 15 heavy (non-hydrogen) atoms. The van der Waals surface area contributed by atoms with Gasteiger partial charge in [0.2, 0.25) is 0 Å². The largest absolute Gasteiger partial charge is 0.299 e. The van der Waals surface area contributed by atoms with Gasteiger partial charge in [-0.25, -0.2) is 0 Å². The van der Waals surface area contributed by atoms with Crippen molar-refractivity contribution in [2.24, 2.45) is 5.92 Å². The zero-order valence-corrected chi connectivity index (χ0v) is 10.2. The van der Waals surface area contributed by atoms with Crippen LogP contribution in [0.2, 0.25) is 0 Å². The maximum atomic E-state index is 2.54. The van der Waals surface area contributed by atoms with Crippen molar-refractivity contribution in [3.8, 4) is 0 Å². The van der Waals surface area contributed by atoms with Gasteiger partial charge in [0, 0.05) is 13.1 Å². The van der Waals surface area contributed by atoms with Crippen LogP contribution in [-0.4, -0.2) is 18.0 Å². The smallest absolute Gasteiger partial charge is 0.0233 e. The minimum Gasteiger partial charge on any atom is -0.299 e. The Balaban J connectivity index is 0.000000531. The van der Waals surface area contributed by atoms with Crippen molar-refractivity contribution < 1.29 is 0 Å². The lowest BCUT2D eigenvalue weighted by molar-refractivity contribution is 0.320. The second-order valence-electron chi connectivity index (χ2n) is 4.11. The van der Waals surface area contributed by atoms with Gasteiger partial charge in [0.05, 0.1) is 0 Å². The minimum absolute atomic E-state index is 0.892. The number of likely N-dealkylation sites (tertiary alicyclic amines) is 1. The van der Waals surface area contributed by atoms with E-state index in [0.29, 0.717) is 0 Å². The van der Waals surface area contributed by atoms with Crippen molar-refractivity contribution in [1.82, 2.24) is 4.90 Å². The summed E-state index contributed by atoms with van der Waals surface area (Å²) in [5.41, 5.74) is 1.44. The summed E-state index contributed by atoms with van der Waals surface area (Å²) in [6.45, 7) is 10.0. The molecule has 1 atom stereocenters. The first-order chi connectivity index (χ1) is 7.34. The predicted molar refractivity (Wildman–Crippen MR) is 66.8 cm³/mol. The fourth-order valence-electron chi connectivity index (χ4n) is 2.01. The van der Waals surface area contributed by atoms with Crippen LogP contribution in [-0.2, 0) is 6.54 Å². The van der Waals surface area contributed by atoms with Gasteiger partial charge in [0.15, 0.2) is 0 Å². The van der Waals surface area contributed by atoms with E-state index in [1.165, 1.54) is 25.1 Å². The van der Waals surface area contributed by atoms with Crippen LogP contribution in [0.4, 0.5) is 0 Å². The first-order valence-corrected chi connectivity index (χ1v) is 6.11. The Bertz CT molecular complexity index is 255. The zero-order chi connectivity index (χ0) is 11.1. The molecule has 0 aromatic heterocycles. The van der Waals surface area contributed by atoms with Crippen LogP contribution >= 0.6 is 0 Å². The lowest BCUT2D eigenvalue weighted by Gasteiger charge is -2.14. The average molecular weight is 205 g/mol. The van der Waals surface area contributed by atoms with Crippen molar-refractivity contribution >= 4 is 0 Å². The van der Waals surface area contributed by atoms with Crippen molar-refractivity contribution in [1.29, 1.82) is 0 Å². The molecule has 84 valence electrons. The second kappa shape index (κ2) is 6.62. The molecule has 0 radical (unpaired) electrons. The molecular weight excluding hydrogens is 182 g/mol. The summed E-state index contributed by atoms with van der Waals surface area (Å²) in [6.07, 6.45) is 1.37. The van der Waals surface area contributed by atoms with Gasteiger partial charge in [-0.2, -0.15) is 0 Å². The van der Waals surface area contributed by atoms with E-state index in [9.17, 15) is 0 Å². The summed E-state index contributed by atoms with van der Waals surface area (Å²) < 4.78 is 0. The molecule has 1 unspecified atom stereocenters. The fourth-order valence-corrected chi connectivity index (χ4v) is 2.01. The molecule has 1 saturated heterocycles. The monoisotopic (exact) mass is 205 g/mol. The van der Waals surface area contributed by atoms with Gasteiger partial charge in [0.25, 0.3) is 0 Å². The van der Waals surface area contributed by atoms with Gasteiger partial charge in [-0.3, -0.25) is 4.90 Å². The number of nitrogens with zero attached hydrogens (tertiary/aromatic N) is 1. The number of hydrogen-bond donors (Lipinski definition) is 0. The Morgan fingerprint density at radius 1 is 1.20 bits per heavy atom. The van der Waals surface area contributed by atoms with Gasteiger partial charge >= 0.3 is 0 Å². The molecule has 0 spiro atoms. The Hall–Kier alpha value is -0.820. The van der Waals surface area contributed by atoms with Gasteiger partial charge in [-0.1, -0.05) is 51.1 Å². The average Bonchev–Trinajstić information content (AvgIpc) is 2.68. The van der Waals surface area contributed by atoms with E-state index in [-0.39, 0.29) is 0 Å². The van der Waals surface area contributed by atoms with Gasteiger partial charge < -0.3 is 0 Å². The van der Waals surface area contributed by atoms with Crippen molar-refractivity contribution in [2.75, 3.05) is 13.1 Å². The van der Waals surface area contributed by atoms with Crippen LogP contribution in [0.25, 0.3) is 0 Å². The third kappa shape index (κ3) is 4.05. The summed E-state index contributed by atoms with van der Waals surface area (Å²) in [4.78, 5) is 2.54. The van der Waals surface area contributed by atoms with Crippen LogP contribution in [0.1, 0.15) is 32.8 Å². The molecule has 1 aromatic rings. The summed E-state index contributed by atoms with van der Waals surface area (Å²) in [5.74, 6) is 0.892. The van der Waals surface area contributed by atoms with E-state index in [4.69, 9.17) is 0 Å². The standard InChI is InChI=1S/C12H17N.C2H6/c1-11-7-8-13(9-11)10-12-5-3-2-4-6-12;1-2/h2-6,11H,7-10H2,1H3;1-2H3. The van der Waals surface area contributed by atoms with Crippen molar-refractivity contribution in [3.05, 3.63) is 35.9 Å².